The van der Waals surface area contributed by atoms with Crippen LogP contribution in [0.2, 0.25) is 5.02 Å². The topological polar surface area (TPSA) is 41.1 Å². The van der Waals surface area contributed by atoms with Gasteiger partial charge >= 0.3 is 0 Å². The van der Waals surface area contributed by atoms with Crippen LogP contribution in [0.3, 0.4) is 0 Å². The minimum atomic E-state index is -0.0977. The fraction of sp³-hybridized carbons (Fsp3) is 0.300. The average molecular weight is 322 g/mol. The van der Waals surface area contributed by atoms with E-state index in [4.69, 9.17) is 11.6 Å². The molecule has 0 aliphatic carbocycles. The van der Waals surface area contributed by atoms with E-state index in [0.717, 1.165) is 21.8 Å². The summed E-state index contributed by atoms with van der Waals surface area (Å²) in [5.41, 5.74) is 0.750. The van der Waals surface area contributed by atoms with Gasteiger partial charge in [0.2, 0.25) is 5.91 Å². The minimum Gasteiger partial charge on any atom is -0.325 e. The fourth-order valence-corrected chi connectivity index (χ4v) is 2.81. The van der Waals surface area contributed by atoms with Crippen molar-refractivity contribution in [1.29, 1.82) is 0 Å². The van der Waals surface area contributed by atoms with E-state index in [9.17, 15) is 4.79 Å². The van der Waals surface area contributed by atoms with E-state index in [2.05, 4.69) is 26.6 Å². The molecule has 1 aromatic carbocycles. The van der Waals surface area contributed by atoms with Gasteiger partial charge in [-0.2, -0.15) is 0 Å². The zero-order valence-corrected chi connectivity index (χ0v) is 11.5. The maximum absolute atomic E-state index is 11.8. The van der Waals surface area contributed by atoms with Crippen LogP contribution in [0.25, 0.3) is 0 Å². The van der Waals surface area contributed by atoms with E-state index in [1.54, 1.807) is 30.0 Å². The molecule has 0 unspecified atom stereocenters. The molecule has 1 fully saturated rings. The van der Waals surface area contributed by atoms with Gasteiger partial charge in [0.05, 0.1) is 11.1 Å². The smallest absolute Gasteiger partial charge is 0.242 e. The Bertz CT molecular complexity index is 410. The normalized spacial score (nSPS) is 19.8. The van der Waals surface area contributed by atoms with Gasteiger partial charge in [0.25, 0.3) is 0 Å². The van der Waals surface area contributed by atoms with Gasteiger partial charge in [0.15, 0.2) is 0 Å². The summed E-state index contributed by atoms with van der Waals surface area (Å²) in [7, 11) is 0. The number of rotatable bonds is 2. The Morgan fingerprint density at radius 1 is 1.62 bits per heavy atom. The van der Waals surface area contributed by atoms with E-state index >= 15 is 0 Å². The molecule has 1 aliphatic heterocycles. The molecule has 0 saturated carbocycles. The number of benzene rings is 1. The van der Waals surface area contributed by atoms with Gasteiger partial charge in [-0.1, -0.05) is 11.6 Å². The lowest BCUT2D eigenvalue weighted by atomic mass is 10.2. The molecule has 16 heavy (non-hydrogen) atoms. The van der Waals surface area contributed by atoms with Crippen LogP contribution in [0.5, 0.6) is 0 Å². The Hall–Kier alpha value is -0.230. The Kier molecular flexibility index (Phi) is 4.13. The summed E-state index contributed by atoms with van der Waals surface area (Å²) < 4.78 is 0.778. The minimum absolute atomic E-state index is 0.000720. The number of carbonyl (C=O) groups is 1. The van der Waals surface area contributed by atoms with Crippen molar-refractivity contribution in [2.24, 2.45) is 0 Å². The molecule has 2 N–H and O–H groups in total. The number of anilines is 1. The molecule has 0 aromatic heterocycles. The van der Waals surface area contributed by atoms with E-state index in [1.165, 1.54) is 0 Å². The quantitative estimate of drug-likeness (QED) is 0.880. The summed E-state index contributed by atoms with van der Waals surface area (Å²) >= 11 is 10.9. The first kappa shape index (κ1) is 12.2. The highest BCUT2D eigenvalue weighted by molar-refractivity contribution is 9.10. The van der Waals surface area contributed by atoms with Crippen LogP contribution >= 0.6 is 39.3 Å². The van der Waals surface area contributed by atoms with Crippen molar-refractivity contribution in [3.05, 3.63) is 27.7 Å². The van der Waals surface area contributed by atoms with Crippen molar-refractivity contribution >= 4 is 50.9 Å². The first-order valence-electron chi connectivity index (χ1n) is 4.74. The maximum atomic E-state index is 11.8. The van der Waals surface area contributed by atoms with Gasteiger partial charge in [0, 0.05) is 21.8 Å². The second-order valence-electron chi connectivity index (χ2n) is 3.39. The number of hydrogen-bond acceptors (Lipinski definition) is 3. The fourth-order valence-electron chi connectivity index (χ4n) is 1.37. The van der Waals surface area contributed by atoms with Gasteiger partial charge < -0.3 is 5.32 Å². The molecule has 0 spiro atoms. The standard InChI is InChI=1S/C10H10BrClN2OS/c11-7-3-6(1-2-8(7)12)14-10(15)9-4-16-5-13-9/h1-3,9,13H,4-5H2,(H,14,15)/t9-/m1/s1. The number of amides is 1. The molecule has 0 bridgehead atoms. The van der Waals surface area contributed by atoms with Crippen molar-refractivity contribution in [2.75, 3.05) is 16.9 Å². The molecule has 0 radical (unpaired) electrons. The lowest BCUT2D eigenvalue weighted by Gasteiger charge is -2.10. The van der Waals surface area contributed by atoms with E-state index in [-0.39, 0.29) is 11.9 Å². The lowest BCUT2D eigenvalue weighted by molar-refractivity contribution is -0.117. The maximum Gasteiger partial charge on any atom is 0.242 e. The second kappa shape index (κ2) is 5.40. The molecule has 1 aliphatic rings. The molecule has 3 nitrogen and oxygen atoms in total. The van der Waals surface area contributed by atoms with Gasteiger partial charge in [-0.3, -0.25) is 10.1 Å². The first-order chi connectivity index (χ1) is 7.66. The van der Waals surface area contributed by atoms with Crippen LogP contribution in [0.1, 0.15) is 0 Å². The van der Waals surface area contributed by atoms with Crippen LogP contribution in [0.4, 0.5) is 5.69 Å². The summed E-state index contributed by atoms with van der Waals surface area (Å²) in [6.45, 7) is 0. The van der Waals surface area contributed by atoms with E-state index < -0.39 is 0 Å². The Morgan fingerprint density at radius 2 is 2.44 bits per heavy atom. The van der Waals surface area contributed by atoms with Gasteiger partial charge in [0.1, 0.15) is 0 Å². The Morgan fingerprint density at radius 3 is 3.06 bits per heavy atom. The number of carbonyl (C=O) groups excluding carboxylic acids is 1. The zero-order valence-electron chi connectivity index (χ0n) is 8.30. The first-order valence-corrected chi connectivity index (χ1v) is 7.06. The molecular formula is C10H10BrClN2OS. The highest BCUT2D eigenvalue weighted by Gasteiger charge is 2.22. The monoisotopic (exact) mass is 320 g/mol. The molecular weight excluding hydrogens is 312 g/mol. The third-order valence-electron chi connectivity index (χ3n) is 2.22. The number of hydrogen-bond donors (Lipinski definition) is 2. The molecule has 1 heterocycles. The van der Waals surface area contributed by atoms with Crippen molar-refractivity contribution in [3.63, 3.8) is 0 Å². The van der Waals surface area contributed by atoms with Crippen molar-refractivity contribution in [2.45, 2.75) is 6.04 Å². The van der Waals surface area contributed by atoms with Crippen LogP contribution in [0.15, 0.2) is 22.7 Å². The van der Waals surface area contributed by atoms with Gasteiger partial charge in [-0.05, 0) is 34.1 Å². The Balaban J connectivity index is 2.02. The summed E-state index contributed by atoms with van der Waals surface area (Å²) in [5, 5.41) is 6.60. The van der Waals surface area contributed by atoms with E-state index in [1.807, 2.05) is 0 Å². The predicted octanol–water partition coefficient (Wildman–Crippen LogP) is 2.70. The molecule has 86 valence electrons. The molecule has 1 aromatic rings. The largest absolute Gasteiger partial charge is 0.325 e. The number of halogens is 2. The SMILES string of the molecule is O=C(Nc1ccc(Cl)c(Br)c1)[C@H]1CSCN1. The molecule has 6 heteroatoms. The van der Waals surface area contributed by atoms with E-state index in [0.29, 0.717) is 5.02 Å². The highest BCUT2D eigenvalue weighted by atomic mass is 79.9. The highest BCUT2D eigenvalue weighted by Crippen LogP contribution is 2.25. The molecule has 2 rings (SSSR count). The molecule has 1 saturated heterocycles. The zero-order chi connectivity index (χ0) is 11.5. The van der Waals surface area contributed by atoms with Crippen LogP contribution < -0.4 is 10.6 Å². The van der Waals surface area contributed by atoms with Crippen molar-refractivity contribution < 1.29 is 4.79 Å². The molecule has 1 amide bonds. The second-order valence-corrected chi connectivity index (χ2v) is 5.68. The van der Waals surface area contributed by atoms with Crippen LogP contribution in [-0.2, 0) is 4.79 Å². The summed E-state index contributed by atoms with van der Waals surface area (Å²) in [4.78, 5) is 11.8. The number of nitrogens with one attached hydrogen (secondary N) is 2. The average Bonchev–Trinajstić information content (AvgIpc) is 2.77. The molecule has 1 atom stereocenters. The summed E-state index contributed by atoms with van der Waals surface area (Å²) in [6, 6.07) is 5.23. The Labute approximate surface area is 111 Å². The van der Waals surface area contributed by atoms with Gasteiger partial charge in [-0.15, -0.1) is 11.8 Å². The van der Waals surface area contributed by atoms with Crippen molar-refractivity contribution in [1.82, 2.24) is 5.32 Å². The lowest BCUT2D eigenvalue weighted by Crippen LogP contribution is -2.37. The summed E-state index contributed by atoms with van der Waals surface area (Å²) in [5.74, 6) is 1.66. The van der Waals surface area contributed by atoms with Crippen molar-refractivity contribution in [3.8, 4) is 0 Å². The third kappa shape index (κ3) is 2.91. The predicted molar refractivity (Wildman–Crippen MR) is 72.0 cm³/mol. The van der Waals surface area contributed by atoms with Gasteiger partial charge in [-0.25, -0.2) is 0 Å². The number of thioether (sulfide) groups is 1. The third-order valence-corrected chi connectivity index (χ3v) is 4.37. The summed E-state index contributed by atoms with van der Waals surface area (Å²) in [6.07, 6.45) is 0. The van der Waals surface area contributed by atoms with Crippen LogP contribution in [-0.4, -0.2) is 23.6 Å². The van der Waals surface area contributed by atoms with Crippen LogP contribution in [0, 0.1) is 0 Å².